The fourth-order valence-corrected chi connectivity index (χ4v) is 2.70. The molecule has 0 N–H and O–H groups in total. The van der Waals surface area contributed by atoms with E-state index in [1.165, 1.54) is 24.8 Å². The van der Waals surface area contributed by atoms with Gasteiger partial charge in [-0.2, -0.15) is 0 Å². The summed E-state index contributed by atoms with van der Waals surface area (Å²) in [5, 5.41) is 0. The lowest BCUT2D eigenvalue weighted by Gasteiger charge is -2.23. The highest BCUT2D eigenvalue weighted by Gasteiger charge is 2.30. The van der Waals surface area contributed by atoms with Crippen LogP contribution in [-0.2, 0) is 11.3 Å². The van der Waals surface area contributed by atoms with Gasteiger partial charge in [-0.15, -0.1) is 0 Å². The fraction of sp³-hybridized carbons (Fsp3) is 0.600. The van der Waals surface area contributed by atoms with Gasteiger partial charge in [0.25, 0.3) is 0 Å². The van der Waals surface area contributed by atoms with E-state index in [0.717, 1.165) is 18.4 Å². The molecule has 1 aliphatic rings. The van der Waals surface area contributed by atoms with E-state index in [1.54, 1.807) is 0 Å². The lowest BCUT2D eigenvalue weighted by atomic mass is 9.92. The van der Waals surface area contributed by atoms with Crippen LogP contribution in [0.3, 0.4) is 0 Å². The number of ether oxygens (including phenoxy) is 1. The summed E-state index contributed by atoms with van der Waals surface area (Å²) in [5.41, 5.74) is 1.29. The van der Waals surface area contributed by atoms with E-state index >= 15 is 0 Å². The molecule has 1 aromatic rings. The number of rotatable bonds is 4. The fourth-order valence-electron chi connectivity index (χ4n) is 2.70. The van der Waals surface area contributed by atoms with Gasteiger partial charge in [0.2, 0.25) is 0 Å². The molecule has 0 aliphatic heterocycles. The molecule has 1 heteroatoms. The molecule has 0 spiro atoms. The van der Waals surface area contributed by atoms with Crippen molar-refractivity contribution < 1.29 is 4.74 Å². The Bertz CT molecular complexity index is 304. The maximum atomic E-state index is 6.06. The minimum atomic E-state index is 0.486. The molecule has 0 heterocycles. The minimum Gasteiger partial charge on any atom is -0.373 e. The Kier molecular flexibility index (Phi) is 4.00. The first kappa shape index (κ1) is 11.7. The summed E-state index contributed by atoms with van der Waals surface area (Å²) >= 11 is 0. The second-order valence-electron chi connectivity index (χ2n) is 5.17. The van der Waals surface area contributed by atoms with Crippen LogP contribution in [0.5, 0.6) is 0 Å². The van der Waals surface area contributed by atoms with E-state index in [-0.39, 0.29) is 0 Å². The summed E-state index contributed by atoms with van der Waals surface area (Å²) in [6, 6.07) is 10.5. The molecule has 0 radical (unpaired) electrons. The standard InChI is InChI=1S/C15H22O/c1-12(2)14-9-6-10-15(14)16-11-13-7-4-3-5-8-13/h3-5,7-8,12,14-15H,6,9-11H2,1-2H3. The van der Waals surface area contributed by atoms with Crippen LogP contribution in [0.4, 0.5) is 0 Å². The van der Waals surface area contributed by atoms with E-state index < -0.39 is 0 Å². The van der Waals surface area contributed by atoms with Crippen LogP contribution in [0.1, 0.15) is 38.7 Å². The van der Waals surface area contributed by atoms with E-state index in [9.17, 15) is 0 Å². The van der Waals surface area contributed by atoms with E-state index in [1.807, 2.05) is 0 Å². The molecule has 1 aromatic carbocycles. The molecule has 0 aromatic heterocycles. The third kappa shape index (κ3) is 2.85. The van der Waals surface area contributed by atoms with Gasteiger partial charge in [-0.05, 0) is 30.2 Å². The Labute approximate surface area is 98.8 Å². The zero-order valence-corrected chi connectivity index (χ0v) is 10.4. The summed E-state index contributed by atoms with van der Waals surface area (Å²) in [6.07, 6.45) is 4.41. The van der Waals surface area contributed by atoms with Crippen LogP contribution in [0.15, 0.2) is 30.3 Å². The van der Waals surface area contributed by atoms with E-state index in [0.29, 0.717) is 6.10 Å². The van der Waals surface area contributed by atoms with Gasteiger partial charge in [-0.25, -0.2) is 0 Å². The molecule has 1 saturated carbocycles. The van der Waals surface area contributed by atoms with Crippen LogP contribution >= 0.6 is 0 Å². The van der Waals surface area contributed by atoms with Gasteiger partial charge < -0.3 is 4.74 Å². The van der Waals surface area contributed by atoms with Crippen LogP contribution in [0.25, 0.3) is 0 Å². The van der Waals surface area contributed by atoms with Gasteiger partial charge in [0.15, 0.2) is 0 Å². The lowest BCUT2D eigenvalue weighted by Crippen LogP contribution is -2.22. The molecule has 2 atom stereocenters. The first-order valence-corrected chi connectivity index (χ1v) is 6.43. The van der Waals surface area contributed by atoms with Crippen LogP contribution in [-0.4, -0.2) is 6.10 Å². The molecule has 16 heavy (non-hydrogen) atoms. The Morgan fingerprint density at radius 1 is 1.19 bits per heavy atom. The summed E-state index contributed by atoms with van der Waals surface area (Å²) in [7, 11) is 0. The number of benzene rings is 1. The Morgan fingerprint density at radius 2 is 1.94 bits per heavy atom. The summed E-state index contributed by atoms with van der Waals surface area (Å²) in [4.78, 5) is 0. The Morgan fingerprint density at radius 3 is 2.62 bits per heavy atom. The van der Waals surface area contributed by atoms with Crippen molar-refractivity contribution in [2.45, 2.75) is 45.8 Å². The molecule has 88 valence electrons. The Balaban J connectivity index is 1.86. The zero-order chi connectivity index (χ0) is 11.4. The quantitative estimate of drug-likeness (QED) is 0.741. The number of hydrogen-bond acceptors (Lipinski definition) is 1. The second kappa shape index (κ2) is 5.49. The predicted octanol–water partition coefficient (Wildman–Crippen LogP) is 4.03. The van der Waals surface area contributed by atoms with Gasteiger partial charge >= 0.3 is 0 Å². The van der Waals surface area contributed by atoms with Crippen LogP contribution in [0, 0.1) is 11.8 Å². The summed E-state index contributed by atoms with van der Waals surface area (Å²) in [6.45, 7) is 5.40. The first-order valence-electron chi connectivity index (χ1n) is 6.43. The number of hydrogen-bond donors (Lipinski definition) is 0. The van der Waals surface area contributed by atoms with Gasteiger partial charge in [0, 0.05) is 0 Å². The molecule has 1 fully saturated rings. The highest BCUT2D eigenvalue weighted by Crippen LogP contribution is 2.34. The normalized spacial score (nSPS) is 25.2. The smallest absolute Gasteiger partial charge is 0.0720 e. The average molecular weight is 218 g/mol. The molecule has 2 unspecified atom stereocenters. The average Bonchev–Trinajstić information content (AvgIpc) is 2.76. The molecule has 1 aliphatic carbocycles. The van der Waals surface area contributed by atoms with Crippen molar-refractivity contribution >= 4 is 0 Å². The van der Waals surface area contributed by atoms with Crippen molar-refractivity contribution in [2.24, 2.45) is 11.8 Å². The van der Waals surface area contributed by atoms with Gasteiger partial charge in [0.05, 0.1) is 12.7 Å². The lowest BCUT2D eigenvalue weighted by molar-refractivity contribution is 0.00355. The predicted molar refractivity (Wildman–Crippen MR) is 67.2 cm³/mol. The van der Waals surface area contributed by atoms with Crippen molar-refractivity contribution in [3.8, 4) is 0 Å². The zero-order valence-electron chi connectivity index (χ0n) is 10.4. The highest BCUT2D eigenvalue weighted by atomic mass is 16.5. The van der Waals surface area contributed by atoms with Gasteiger partial charge in [-0.3, -0.25) is 0 Å². The molecule has 0 saturated heterocycles. The first-order chi connectivity index (χ1) is 7.77. The second-order valence-corrected chi connectivity index (χ2v) is 5.17. The summed E-state index contributed by atoms with van der Waals surface area (Å²) in [5.74, 6) is 1.52. The topological polar surface area (TPSA) is 9.23 Å². The van der Waals surface area contributed by atoms with Crippen LogP contribution < -0.4 is 0 Å². The van der Waals surface area contributed by atoms with Crippen molar-refractivity contribution in [3.05, 3.63) is 35.9 Å². The van der Waals surface area contributed by atoms with E-state index in [2.05, 4.69) is 44.2 Å². The summed E-state index contributed by atoms with van der Waals surface area (Å²) < 4.78 is 6.06. The highest BCUT2D eigenvalue weighted by molar-refractivity contribution is 5.13. The molecule has 0 bridgehead atoms. The Hall–Kier alpha value is -0.820. The monoisotopic (exact) mass is 218 g/mol. The van der Waals surface area contributed by atoms with Gasteiger partial charge in [0.1, 0.15) is 0 Å². The molecular formula is C15H22O. The maximum Gasteiger partial charge on any atom is 0.0720 e. The minimum absolute atomic E-state index is 0.486. The molecule has 0 amide bonds. The van der Waals surface area contributed by atoms with Crippen molar-refractivity contribution in [2.75, 3.05) is 0 Å². The van der Waals surface area contributed by atoms with Crippen molar-refractivity contribution in [3.63, 3.8) is 0 Å². The SMILES string of the molecule is CC(C)C1CCCC1OCc1ccccc1. The molecular weight excluding hydrogens is 196 g/mol. The van der Waals surface area contributed by atoms with Gasteiger partial charge in [-0.1, -0.05) is 50.6 Å². The van der Waals surface area contributed by atoms with Crippen molar-refractivity contribution in [1.82, 2.24) is 0 Å². The largest absolute Gasteiger partial charge is 0.373 e. The van der Waals surface area contributed by atoms with E-state index in [4.69, 9.17) is 4.74 Å². The molecule has 1 nitrogen and oxygen atoms in total. The maximum absolute atomic E-state index is 6.06. The molecule has 2 rings (SSSR count). The third-order valence-corrected chi connectivity index (χ3v) is 3.67. The van der Waals surface area contributed by atoms with Crippen molar-refractivity contribution in [1.29, 1.82) is 0 Å². The third-order valence-electron chi connectivity index (χ3n) is 3.67. The van der Waals surface area contributed by atoms with Crippen LogP contribution in [0.2, 0.25) is 0 Å².